The van der Waals surface area contributed by atoms with Crippen LogP contribution < -0.4 is 11.1 Å². The summed E-state index contributed by atoms with van der Waals surface area (Å²) in [5.41, 5.74) is 5.98. The lowest BCUT2D eigenvalue weighted by atomic mass is 10.2. The number of pyridine rings is 1. The van der Waals surface area contributed by atoms with Gasteiger partial charge in [-0.15, -0.1) is 0 Å². The third kappa shape index (κ3) is 3.79. The second-order valence-corrected chi connectivity index (χ2v) is 4.10. The van der Waals surface area contributed by atoms with E-state index in [-0.39, 0.29) is 11.7 Å². The van der Waals surface area contributed by atoms with Crippen LogP contribution in [0.15, 0.2) is 16.7 Å². The Hall–Kier alpha value is -1.14. The molecule has 0 aromatic carbocycles. The van der Waals surface area contributed by atoms with Crippen LogP contribution in [0.3, 0.4) is 0 Å². The van der Waals surface area contributed by atoms with E-state index in [9.17, 15) is 4.79 Å². The summed E-state index contributed by atoms with van der Waals surface area (Å²) in [6.45, 7) is 1.17. The Bertz CT molecular complexity index is 371. The Kier molecular flexibility index (Phi) is 5.21. The first kappa shape index (κ1) is 12.9. The molecule has 0 aliphatic heterocycles. The van der Waals surface area contributed by atoms with Crippen molar-refractivity contribution in [1.82, 2.24) is 10.3 Å². The van der Waals surface area contributed by atoms with E-state index < -0.39 is 0 Å². The third-order valence-electron chi connectivity index (χ3n) is 1.94. The molecule has 0 aliphatic rings. The minimum absolute atomic E-state index is 0.220. The van der Waals surface area contributed by atoms with Crippen molar-refractivity contribution in [3.8, 4) is 0 Å². The molecule has 0 spiro atoms. The molecular formula is C10H14BrN3O2. The number of halogens is 1. The van der Waals surface area contributed by atoms with Crippen LogP contribution in [0.2, 0.25) is 0 Å². The number of carbonyl (C=O) groups is 1. The van der Waals surface area contributed by atoms with Crippen LogP contribution in [0, 0.1) is 0 Å². The monoisotopic (exact) mass is 287 g/mol. The van der Waals surface area contributed by atoms with Crippen LogP contribution in [0.25, 0.3) is 0 Å². The van der Waals surface area contributed by atoms with Crippen molar-refractivity contribution in [3.63, 3.8) is 0 Å². The molecule has 6 heteroatoms. The van der Waals surface area contributed by atoms with Crippen molar-refractivity contribution in [2.75, 3.05) is 26.0 Å². The molecule has 0 radical (unpaired) electrons. The number of nitrogens with two attached hydrogens (primary N) is 1. The van der Waals surface area contributed by atoms with Crippen molar-refractivity contribution >= 4 is 27.7 Å². The first-order chi connectivity index (χ1) is 7.65. The molecule has 1 heterocycles. The number of amides is 1. The Balaban J connectivity index is 2.55. The standard InChI is InChI=1S/C10H14BrN3O2/c1-16-4-2-3-13-10(15)8-5-7(11)6-14-9(8)12/h5-6H,2-4H2,1H3,(H2,12,14)(H,13,15). The molecule has 1 amide bonds. The largest absolute Gasteiger partial charge is 0.385 e. The maximum Gasteiger partial charge on any atom is 0.255 e. The fourth-order valence-electron chi connectivity index (χ4n) is 1.15. The van der Waals surface area contributed by atoms with Crippen LogP contribution >= 0.6 is 15.9 Å². The first-order valence-corrected chi connectivity index (χ1v) is 5.62. The molecule has 0 fully saturated rings. The van der Waals surface area contributed by atoms with Gasteiger partial charge in [0.25, 0.3) is 5.91 Å². The molecule has 0 atom stereocenters. The van der Waals surface area contributed by atoms with Crippen LogP contribution in [0.4, 0.5) is 5.82 Å². The fourth-order valence-corrected chi connectivity index (χ4v) is 1.48. The number of rotatable bonds is 5. The summed E-state index contributed by atoms with van der Waals surface area (Å²) in [7, 11) is 1.62. The van der Waals surface area contributed by atoms with Gasteiger partial charge in [0.05, 0.1) is 5.56 Å². The van der Waals surface area contributed by atoms with Crippen LogP contribution in [-0.2, 0) is 4.74 Å². The second kappa shape index (κ2) is 6.44. The molecule has 0 bridgehead atoms. The number of methoxy groups -OCH3 is 1. The lowest BCUT2D eigenvalue weighted by Crippen LogP contribution is -2.26. The van der Waals surface area contributed by atoms with Gasteiger partial charge in [-0.1, -0.05) is 0 Å². The zero-order valence-electron chi connectivity index (χ0n) is 9.00. The average Bonchev–Trinajstić information content (AvgIpc) is 2.27. The lowest BCUT2D eigenvalue weighted by molar-refractivity contribution is 0.0949. The molecule has 1 rings (SSSR count). The van der Waals surface area contributed by atoms with Crippen molar-refractivity contribution in [2.24, 2.45) is 0 Å². The van der Waals surface area contributed by atoms with Gasteiger partial charge in [-0.2, -0.15) is 0 Å². The molecule has 0 saturated heterocycles. The number of carbonyl (C=O) groups excluding carboxylic acids is 1. The van der Waals surface area contributed by atoms with Gasteiger partial charge >= 0.3 is 0 Å². The van der Waals surface area contributed by atoms with Gasteiger partial charge < -0.3 is 15.8 Å². The normalized spacial score (nSPS) is 10.1. The number of nitrogen functional groups attached to an aromatic ring is 1. The van der Waals surface area contributed by atoms with Crippen molar-refractivity contribution in [1.29, 1.82) is 0 Å². The number of nitrogens with one attached hydrogen (secondary N) is 1. The third-order valence-corrected chi connectivity index (χ3v) is 2.37. The summed E-state index contributed by atoms with van der Waals surface area (Å²) in [5, 5.41) is 2.74. The summed E-state index contributed by atoms with van der Waals surface area (Å²) in [5.74, 6) is 0.00912. The van der Waals surface area contributed by atoms with Gasteiger partial charge in [0.15, 0.2) is 0 Å². The molecule has 0 saturated carbocycles. The molecule has 88 valence electrons. The highest BCUT2D eigenvalue weighted by Crippen LogP contribution is 2.15. The van der Waals surface area contributed by atoms with Gasteiger partial charge in [0, 0.05) is 30.9 Å². The maximum atomic E-state index is 11.7. The Labute approximate surface area is 103 Å². The van der Waals surface area contributed by atoms with E-state index in [0.717, 1.165) is 10.9 Å². The summed E-state index contributed by atoms with van der Waals surface area (Å²) in [6.07, 6.45) is 2.32. The minimum atomic E-state index is -0.220. The molecule has 16 heavy (non-hydrogen) atoms. The van der Waals surface area contributed by atoms with Gasteiger partial charge in [0.2, 0.25) is 0 Å². The molecule has 1 aromatic rings. The van der Waals surface area contributed by atoms with Crippen molar-refractivity contribution < 1.29 is 9.53 Å². The van der Waals surface area contributed by atoms with Gasteiger partial charge in [0.1, 0.15) is 5.82 Å². The summed E-state index contributed by atoms with van der Waals surface area (Å²) < 4.78 is 5.60. The number of anilines is 1. The predicted octanol–water partition coefficient (Wildman–Crippen LogP) is 1.19. The van der Waals surface area contributed by atoms with E-state index in [2.05, 4.69) is 26.2 Å². The van der Waals surface area contributed by atoms with Crippen molar-refractivity contribution in [2.45, 2.75) is 6.42 Å². The zero-order chi connectivity index (χ0) is 12.0. The molecule has 0 aliphatic carbocycles. The van der Waals surface area contributed by atoms with E-state index >= 15 is 0 Å². The smallest absolute Gasteiger partial charge is 0.255 e. The van der Waals surface area contributed by atoms with E-state index in [1.54, 1.807) is 19.4 Å². The number of aromatic nitrogens is 1. The molecular weight excluding hydrogens is 274 g/mol. The maximum absolute atomic E-state index is 11.7. The Morgan fingerprint density at radius 3 is 3.12 bits per heavy atom. The van der Waals surface area contributed by atoms with E-state index in [1.165, 1.54) is 0 Å². The highest BCUT2D eigenvalue weighted by molar-refractivity contribution is 9.10. The number of ether oxygens (including phenoxy) is 1. The summed E-state index contributed by atoms with van der Waals surface area (Å²) in [6, 6.07) is 1.65. The topological polar surface area (TPSA) is 77.2 Å². The zero-order valence-corrected chi connectivity index (χ0v) is 10.6. The first-order valence-electron chi connectivity index (χ1n) is 4.83. The summed E-state index contributed by atoms with van der Waals surface area (Å²) >= 11 is 3.24. The van der Waals surface area contributed by atoms with Gasteiger partial charge in [-0.25, -0.2) is 4.98 Å². The molecule has 5 nitrogen and oxygen atoms in total. The Morgan fingerprint density at radius 2 is 2.44 bits per heavy atom. The average molecular weight is 288 g/mol. The second-order valence-electron chi connectivity index (χ2n) is 3.19. The summed E-state index contributed by atoms with van der Waals surface area (Å²) in [4.78, 5) is 15.6. The molecule has 1 aromatic heterocycles. The lowest BCUT2D eigenvalue weighted by Gasteiger charge is -2.06. The quantitative estimate of drug-likeness (QED) is 0.798. The number of hydrogen-bond donors (Lipinski definition) is 2. The number of nitrogens with zero attached hydrogens (tertiary/aromatic N) is 1. The fraction of sp³-hybridized carbons (Fsp3) is 0.400. The SMILES string of the molecule is COCCCNC(=O)c1cc(Br)cnc1N. The Morgan fingerprint density at radius 1 is 1.69 bits per heavy atom. The van der Waals surface area contributed by atoms with Crippen LogP contribution in [-0.4, -0.2) is 31.2 Å². The van der Waals surface area contributed by atoms with E-state index in [4.69, 9.17) is 10.5 Å². The van der Waals surface area contributed by atoms with Crippen molar-refractivity contribution in [3.05, 3.63) is 22.3 Å². The predicted molar refractivity (Wildman–Crippen MR) is 65.2 cm³/mol. The highest BCUT2D eigenvalue weighted by Gasteiger charge is 2.10. The number of hydrogen-bond acceptors (Lipinski definition) is 4. The molecule has 0 unspecified atom stereocenters. The minimum Gasteiger partial charge on any atom is -0.385 e. The van der Waals surface area contributed by atoms with E-state index in [1.807, 2.05) is 0 Å². The molecule has 3 N–H and O–H groups in total. The van der Waals surface area contributed by atoms with Gasteiger partial charge in [-0.05, 0) is 28.4 Å². The van der Waals surface area contributed by atoms with E-state index in [0.29, 0.717) is 18.7 Å². The highest BCUT2D eigenvalue weighted by atomic mass is 79.9. The van der Waals surface area contributed by atoms with Crippen LogP contribution in [0.5, 0.6) is 0 Å². The van der Waals surface area contributed by atoms with Gasteiger partial charge in [-0.3, -0.25) is 4.79 Å². The van der Waals surface area contributed by atoms with Crippen LogP contribution in [0.1, 0.15) is 16.8 Å².